The molecular weight excluding hydrogens is 368 g/mol. The second-order valence-electron chi connectivity index (χ2n) is 6.03. The molecule has 140 valence electrons. The Balaban J connectivity index is 1.57. The van der Waals surface area contributed by atoms with Crippen LogP contribution >= 0.6 is 12.2 Å². The maximum atomic E-state index is 12.2. The smallest absolute Gasteiger partial charge is 0.255 e. The zero-order chi connectivity index (χ0) is 19.8. The van der Waals surface area contributed by atoms with Gasteiger partial charge in [-0.25, -0.2) is 0 Å². The van der Waals surface area contributed by atoms with Crippen LogP contribution in [0, 0.1) is 0 Å². The van der Waals surface area contributed by atoms with E-state index in [0.717, 1.165) is 22.6 Å². The van der Waals surface area contributed by atoms with E-state index in [9.17, 15) is 4.79 Å². The van der Waals surface area contributed by atoms with Crippen LogP contribution in [0.15, 0.2) is 90.0 Å². The molecule has 0 heterocycles. The molecule has 0 radical (unpaired) electrons. The number of hydrogen-bond acceptors (Lipinski definition) is 3. The third kappa shape index (κ3) is 5.49. The van der Waals surface area contributed by atoms with Gasteiger partial charge in [-0.05, 0) is 61.1 Å². The predicted octanol–water partition coefficient (Wildman–Crippen LogP) is 4.65. The number of nitrogens with zero attached hydrogens (tertiary/aromatic N) is 1. The molecule has 0 aliphatic rings. The van der Waals surface area contributed by atoms with Crippen LogP contribution in [0.4, 0.5) is 11.4 Å². The first-order chi connectivity index (χ1) is 13.6. The number of benzene rings is 3. The summed E-state index contributed by atoms with van der Waals surface area (Å²) in [6, 6.07) is 26.2. The molecule has 0 saturated heterocycles. The van der Waals surface area contributed by atoms with Crippen molar-refractivity contribution >= 4 is 40.3 Å². The first-order valence-electron chi connectivity index (χ1n) is 8.75. The van der Waals surface area contributed by atoms with Crippen molar-refractivity contribution in [3.8, 4) is 0 Å². The first-order valence-corrected chi connectivity index (χ1v) is 9.16. The number of amides is 1. The molecule has 0 fully saturated rings. The molecule has 0 saturated carbocycles. The van der Waals surface area contributed by atoms with Crippen LogP contribution in [0.25, 0.3) is 0 Å². The second-order valence-corrected chi connectivity index (χ2v) is 6.43. The van der Waals surface area contributed by atoms with Crippen molar-refractivity contribution < 1.29 is 4.79 Å². The van der Waals surface area contributed by atoms with Gasteiger partial charge in [-0.2, -0.15) is 5.10 Å². The van der Waals surface area contributed by atoms with Crippen LogP contribution in [0.3, 0.4) is 0 Å². The number of anilines is 2. The van der Waals surface area contributed by atoms with Crippen molar-refractivity contribution in [3.05, 3.63) is 96.1 Å². The second kappa shape index (κ2) is 9.43. The number of carbonyl (C=O) groups is 1. The van der Waals surface area contributed by atoms with E-state index >= 15 is 0 Å². The monoisotopic (exact) mass is 388 g/mol. The maximum Gasteiger partial charge on any atom is 0.255 e. The molecule has 0 aromatic heterocycles. The predicted molar refractivity (Wildman–Crippen MR) is 119 cm³/mol. The first kappa shape index (κ1) is 19.3. The van der Waals surface area contributed by atoms with Gasteiger partial charge in [0.15, 0.2) is 5.11 Å². The molecule has 3 aromatic carbocycles. The average Bonchev–Trinajstić information content (AvgIpc) is 2.74. The van der Waals surface area contributed by atoms with E-state index in [-0.39, 0.29) is 5.91 Å². The molecule has 5 nitrogen and oxygen atoms in total. The van der Waals surface area contributed by atoms with E-state index in [1.54, 1.807) is 12.1 Å². The van der Waals surface area contributed by atoms with Gasteiger partial charge in [-0.15, -0.1) is 0 Å². The Bertz CT molecular complexity index is 970. The lowest BCUT2D eigenvalue weighted by Crippen LogP contribution is -2.24. The van der Waals surface area contributed by atoms with E-state index in [0.29, 0.717) is 10.7 Å². The highest BCUT2D eigenvalue weighted by Crippen LogP contribution is 2.12. The third-order valence-electron chi connectivity index (χ3n) is 3.95. The highest BCUT2D eigenvalue weighted by Gasteiger charge is 2.05. The van der Waals surface area contributed by atoms with E-state index < -0.39 is 0 Å². The lowest BCUT2D eigenvalue weighted by atomic mass is 10.1. The van der Waals surface area contributed by atoms with Gasteiger partial charge in [0, 0.05) is 16.9 Å². The van der Waals surface area contributed by atoms with Crippen LogP contribution in [-0.2, 0) is 0 Å². The van der Waals surface area contributed by atoms with Crippen LogP contribution in [0.5, 0.6) is 0 Å². The SMILES string of the molecule is C/C(=N/NC(=S)Nc1ccccc1)c1ccc(NC(=O)c2ccccc2)cc1. The number of para-hydroxylation sites is 1. The van der Waals surface area contributed by atoms with Crippen LogP contribution in [0.1, 0.15) is 22.8 Å². The van der Waals surface area contributed by atoms with Gasteiger partial charge >= 0.3 is 0 Å². The highest BCUT2D eigenvalue weighted by atomic mass is 32.1. The number of hydrogen-bond donors (Lipinski definition) is 3. The largest absolute Gasteiger partial charge is 0.331 e. The average molecular weight is 388 g/mol. The summed E-state index contributed by atoms with van der Waals surface area (Å²) in [5.74, 6) is -0.141. The van der Waals surface area contributed by atoms with Crippen molar-refractivity contribution in [3.63, 3.8) is 0 Å². The van der Waals surface area contributed by atoms with Gasteiger partial charge in [-0.1, -0.05) is 48.5 Å². The maximum absolute atomic E-state index is 12.2. The Labute approximate surface area is 169 Å². The number of rotatable bonds is 5. The Morgan fingerprint density at radius 1 is 0.750 bits per heavy atom. The summed E-state index contributed by atoms with van der Waals surface area (Å²) in [6.45, 7) is 1.88. The summed E-state index contributed by atoms with van der Waals surface area (Å²) in [4.78, 5) is 12.2. The Hall–Kier alpha value is -3.51. The highest BCUT2D eigenvalue weighted by molar-refractivity contribution is 7.80. The van der Waals surface area contributed by atoms with Gasteiger partial charge < -0.3 is 10.6 Å². The van der Waals surface area contributed by atoms with Gasteiger partial charge in [0.05, 0.1) is 5.71 Å². The van der Waals surface area contributed by atoms with Crippen molar-refractivity contribution in [1.29, 1.82) is 0 Å². The standard InChI is InChI=1S/C22H20N4OS/c1-16(25-26-22(28)24-19-10-6-3-7-11-19)17-12-14-20(15-13-17)23-21(27)18-8-4-2-5-9-18/h2-15H,1H3,(H,23,27)(H2,24,26,28)/b25-16-. The van der Waals surface area contributed by atoms with Crippen molar-refractivity contribution in [2.75, 3.05) is 10.6 Å². The number of thiocarbonyl (C=S) groups is 1. The summed E-state index contributed by atoms with van der Waals surface area (Å²) in [5, 5.41) is 10.7. The number of carbonyl (C=O) groups excluding carboxylic acids is 1. The zero-order valence-electron chi connectivity index (χ0n) is 15.3. The lowest BCUT2D eigenvalue weighted by molar-refractivity contribution is 0.102. The number of hydrazone groups is 1. The Morgan fingerprint density at radius 3 is 1.96 bits per heavy atom. The Morgan fingerprint density at radius 2 is 1.32 bits per heavy atom. The Kier molecular flexibility index (Phi) is 6.49. The molecule has 28 heavy (non-hydrogen) atoms. The fourth-order valence-electron chi connectivity index (χ4n) is 2.47. The minimum atomic E-state index is -0.141. The van der Waals surface area contributed by atoms with Crippen molar-refractivity contribution in [2.45, 2.75) is 6.92 Å². The molecule has 3 aromatic rings. The quantitative estimate of drug-likeness (QED) is 0.338. The molecule has 0 unspecified atom stereocenters. The van der Waals surface area contributed by atoms with E-state index in [1.165, 1.54) is 0 Å². The molecule has 0 atom stereocenters. The van der Waals surface area contributed by atoms with E-state index in [2.05, 4.69) is 21.2 Å². The van der Waals surface area contributed by atoms with Crippen LogP contribution < -0.4 is 16.1 Å². The van der Waals surface area contributed by atoms with Crippen LogP contribution in [0.2, 0.25) is 0 Å². The molecule has 3 N–H and O–H groups in total. The topological polar surface area (TPSA) is 65.5 Å². The summed E-state index contributed by atoms with van der Waals surface area (Å²) < 4.78 is 0. The summed E-state index contributed by atoms with van der Waals surface area (Å²) >= 11 is 5.24. The van der Waals surface area contributed by atoms with Gasteiger partial charge in [0.1, 0.15) is 0 Å². The molecule has 0 aliphatic carbocycles. The minimum absolute atomic E-state index is 0.141. The van der Waals surface area contributed by atoms with Gasteiger partial charge in [0.2, 0.25) is 0 Å². The number of nitrogens with one attached hydrogen (secondary N) is 3. The summed E-state index contributed by atoms with van der Waals surface area (Å²) in [7, 11) is 0. The molecule has 0 aliphatic heterocycles. The molecular formula is C22H20N4OS. The van der Waals surface area contributed by atoms with E-state index in [1.807, 2.05) is 79.7 Å². The normalized spacial score (nSPS) is 10.8. The van der Waals surface area contributed by atoms with Crippen molar-refractivity contribution in [1.82, 2.24) is 5.43 Å². The lowest BCUT2D eigenvalue weighted by Gasteiger charge is -2.09. The summed E-state index contributed by atoms with van der Waals surface area (Å²) in [5.41, 5.74) is 6.77. The van der Waals surface area contributed by atoms with Crippen LogP contribution in [-0.4, -0.2) is 16.7 Å². The fraction of sp³-hybridized carbons (Fsp3) is 0.0455. The van der Waals surface area contributed by atoms with E-state index in [4.69, 9.17) is 12.2 Å². The fourth-order valence-corrected chi connectivity index (χ4v) is 2.63. The molecule has 1 amide bonds. The van der Waals surface area contributed by atoms with Gasteiger partial charge in [-0.3, -0.25) is 10.2 Å². The molecule has 6 heteroatoms. The minimum Gasteiger partial charge on any atom is -0.331 e. The van der Waals surface area contributed by atoms with Crippen molar-refractivity contribution in [2.24, 2.45) is 5.10 Å². The van der Waals surface area contributed by atoms with Gasteiger partial charge in [0.25, 0.3) is 5.91 Å². The molecule has 0 bridgehead atoms. The molecule has 3 rings (SSSR count). The zero-order valence-corrected chi connectivity index (χ0v) is 16.2. The molecule has 0 spiro atoms. The third-order valence-corrected chi connectivity index (χ3v) is 4.15. The summed E-state index contributed by atoms with van der Waals surface area (Å²) in [6.07, 6.45) is 0.